The number of ether oxygens (including phenoxy) is 1. The van der Waals surface area contributed by atoms with Crippen molar-refractivity contribution in [3.63, 3.8) is 0 Å². The smallest absolute Gasteiger partial charge is 0.212 e. The van der Waals surface area contributed by atoms with Crippen LogP contribution in [0, 0.1) is 0 Å². The molecule has 0 saturated heterocycles. The summed E-state index contributed by atoms with van der Waals surface area (Å²) in [5.74, 6) is 1.06. The molecular formula is C14H22N2O3S. The zero-order valence-corrected chi connectivity index (χ0v) is 12.8. The lowest BCUT2D eigenvalue weighted by Gasteiger charge is -2.18. The minimum atomic E-state index is -3.15. The number of nitrogens with one attached hydrogen (secondary N) is 2. The third kappa shape index (κ3) is 3.71. The van der Waals surface area contributed by atoms with Gasteiger partial charge in [0.15, 0.2) is 0 Å². The summed E-state index contributed by atoms with van der Waals surface area (Å²) >= 11 is 0. The molecule has 0 bridgehead atoms. The minimum absolute atomic E-state index is 0.0913. The number of hydrogen-bond donors (Lipinski definition) is 2. The van der Waals surface area contributed by atoms with Crippen molar-refractivity contribution in [3.05, 3.63) is 29.3 Å². The normalized spacial score (nSPS) is 15.7. The van der Waals surface area contributed by atoms with Gasteiger partial charge in [-0.2, -0.15) is 0 Å². The van der Waals surface area contributed by atoms with E-state index in [0.717, 1.165) is 25.2 Å². The summed E-state index contributed by atoms with van der Waals surface area (Å²) in [6.07, 6.45) is 1.87. The molecule has 0 aromatic heterocycles. The highest BCUT2D eigenvalue weighted by atomic mass is 32.2. The first-order valence-corrected chi connectivity index (χ1v) is 8.61. The summed E-state index contributed by atoms with van der Waals surface area (Å²) in [5.41, 5.74) is 2.43. The monoisotopic (exact) mass is 298 g/mol. The number of fused-ring (bicyclic) bond motifs is 1. The molecule has 1 aromatic carbocycles. The molecule has 2 N–H and O–H groups in total. The SMILES string of the molecule is CCC(NCCS(=O)(=O)NC)c1ccc2c(c1)CCO2. The van der Waals surface area contributed by atoms with Gasteiger partial charge < -0.3 is 10.1 Å². The molecule has 20 heavy (non-hydrogen) atoms. The van der Waals surface area contributed by atoms with Crippen molar-refractivity contribution in [1.29, 1.82) is 0 Å². The lowest BCUT2D eigenvalue weighted by Crippen LogP contribution is -2.31. The van der Waals surface area contributed by atoms with E-state index in [2.05, 4.69) is 29.1 Å². The predicted molar refractivity (Wildman–Crippen MR) is 79.5 cm³/mol. The van der Waals surface area contributed by atoms with Crippen LogP contribution in [0.15, 0.2) is 18.2 Å². The van der Waals surface area contributed by atoms with E-state index in [9.17, 15) is 8.42 Å². The number of rotatable bonds is 7. The highest BCUT2D eigenvalue weighted by Crippen LogP contribution is 2.28. The largest absolute Gasteiger partial charge is 0.493 e. The Labute approximate surface area is 120 Å². The average molecular weight is 298 g/mol. The van der Waals surface area contributed by atoms with E-state index < -0.39 is 10.0 Å². The van der Waals surface area contributed by atoms with E-state index in [1.807, 2.05) is 6.07 Å². The molecule has 1 aromatic rings. The van der Waals surface area contributed by atoms with Gasteiger partial charge >= 0.3 is 0 Å². The molecule has 1 atom stereocenters. The molecule has 0 radical (unpaired) electrons. The molecule has 1 unspecified atom stereocenters. The van der Waals surface area contributed by atoms with Gasteiger partial charge in [-0.1, -0.05) is 19.1 Å². The fraction of sp³-hybridized carbons (Fsp3) is 0.571. The van der Waals surface area contributed by atoms with Crippen LogP contribution >= 0.6 is 0 Å². The second-order valence-electron chi connectivity index (χ2n) is 4.90. The van der Waals surface area contributed by atoms with Crippen molar-refractivity contribution in [3.8, 4) is 5.75 Å². The molecule has 0 spiro atoms. The van der Waals surface area contributed by atoms with Crippen LogP contribution in [-0.4, -0.2) is 34.4 Å². The number of benzene rings is 1. The van der Waals surface area contributed by atoms with Gasteiger partial charge in [0.25, 0.3) is 0 Å². The Balaban J connectivity index is 1.98. The van der Waals surface area contributed by atoms with Crippen LogP contribution in [0.2, 0.25) is 0 Å². The molecule has 2 rings (SSSR count). The summed E-state index contributed by atoms with van der Waals surface area (Å²) < 4.78 is 30.6. The maximum absolute atomic E-state index is 11.4. The molecule has 1 heterocycles. The quantitative estimate of drug-likeness (QED) is 0.794. The van der Waals surface area contributed by atoms with Crippen LogP contribution in [0.5, 0.6) is 5.75 Å². The molecule has 1 aliphatic rings. The highest BCUT2D eigenvalue weighted by Gasteiger charge is 2.16. The molecule has 5 nitrogen and oxygen atoms in total. The average Bonchev–Trinajstić information content (AvgIpc) is 2.91. The van der Waals surface area contributed by atoms with Crippen molar-refractivity contribution in [2.45, 2.75) is 25.8 Å². The summed E-state index contributed by atoms with van der Waals surface area (Å²) in [6, 6.07) is 6.40. The topological polar surface area (TPSA) is 67.4 Å². The Kier molecular flexibility index (Phi) is 5.01. The molecule has 0 aliphatic carbocycles. The lowest BCUT2D eigenvalue weighted by molar-refractivity contribution is 0.356. The van der Waals surface area contributed by atoms with E-state index in [1.54, 1.807) is 0 Å². The van der Waals surface area contributed by atoms with E-state index >= 15 is 0 Å². The summed E-state index contributed by atoms with van der Waals surface area (Å²) in [7, 11) is -1.71. The molecule has 0 fully saturated rings. The summed E-state index contributed by atoms with van der Waals surface area (Å²) in [5, 5.41) is 3.31. The van der Waals surface area contributed by atoms with Gasteiger partial charge in [-0.15, -0.1) is 0 Å². The van der Waals surface area contributed by atoms with Gasteiger partial charge in [-0.25, -0.2) is 13.1 Å². The molecule has 0 amide bonds. The molecule has 112 valence electrons. The number of sulfonamides is 1. The first-order chi connectivity index (χ1) is 9.55. The van der Waals surface area contributed by atoms with E-state index in [1.165, 1.54) is 18.2 Å². The minimum Gasteiger partial charge on any atom is -0.493 e. The van der Waals surface area contributed by atoms with Crippen LogP contribution < -0.4 is 14.8 Å². The summed E-state index contributed by atoms with van der Waals surface area (Å²) in [6.45, 7) is 3.28. The van der Waals surface area contributed by atoms with Crippen molar-refractivity contribution >= 4 is 10.0 Å². The van der Waals surface area contributed by atoms with Crippen LogP contribution in [-0.2, 0) is 16.4 Å². The lowest BCUT2D eigenvalue weighted by atomic mass is 10.0. The van der Waals surface area contributed by atoms with Gasteiger partial charge in [0.2, 0.25) is 10.0 Å². The zero-order valence-electron chi connectivity index (χ0n) is 12.0. The Morgan fingerprint density at radius 3 is 2.90 bits per heavy atom. The maximum atomic E-state index is 11.4. The van der Waals surface area contributed by atoms with E-state index in [4.69, 9.17) is 4.74 Å². The Morgan fingerprint density at radius 1 is 1.40 bits per heavy atom. The second-order valence-corrected chi connectivity index (χ2v) is 6.95. The Bertz CT molecular complexity index is 558. The van der Waals surface area contributed by atoms with Crippen molar-refractivity contribution in [2.75, 3.05) is 26.0 Å². The predicted octanol–water partition coefficient (Wildman–Crippen LogP) is 1.21. The van der Waals surface area contributed by atoms with Gasteiger partial charge in [0.1, 0.15) is 5.75 Å². The Hall–Kier alpha value is -1.11. The Morgan fingerprint density at radius 2 is 2.20 bits per heavy atom. The molecule has 6 heteroatoms. The fourth-order valence-corrected chi connectivity index (χ4v) is 2.98. The van der Waals surface area contributed by atoms with Crippen molar-refractivity contribution in [1.82, 2.24) is 10.0 Å². The number of hydrogen-bond acceptors (Lipinski definition) is 4. The third-order valence-corrected chi connectivity index (χ3v) is 4.96. The fourth-order valence-electron chi connectivity index (χ4n) is 2.39. The van der Waals surface area contributed by atoms with E-state index in [-0.39, 0.29) is 11.8 Å². The maximum Gasteiger partial charge on any atom is 0.212 e. The van der Waals surface area contributed by atoms with Crippen molar-refractivity contribution < 1.29 is 13.2 Å². The van der Waals surface area contributed by atoms with Crippen LogP contribution in [0.1, 0.15) is 30.5 Å². The standard InChI is InChI=1S/C14H22N2O3S/c1-3-13(16-7-9-20(17,18)15-2)11-4-5-14-12(10-11)6-8-19-14/h4-5,10,13,15-16H,3,6-9H2,1-2H3. The summed E-state index contributed by atoms with van der Waals surface area (Å²) in [4.78, 5) is 0. The van der Waals surface area contributed by atoms with Gasteiger partial charge in [-0.05, 0) is 30.7 Å². The first-order valence-electron chi connectivity index (χ1n) is 6.96. The third-order valence-electron chi connectivity index (χ3n) is 3.60. The molecule has 1 aliphatic heterocycles. The zero-order chi connectivity index (χ0) is 14.6. The van der Waals surface area contributed by atoms with Crippen LogP contribution in [0.3, 0.4) is 0 Å². The first kappa shape index (κ1) is 15.3. The van der Waals surface area contributed by atoms with Gasteiger partial charge in [0, 0.05) is 19.0 Å². The van der Waals surface area contributed by atoms with E-state index in [0.29, 0.717) is 6.54 Å². The molecule has 0 saturated carbocycles. The highest BCUT2D eigenvalue weighted by molar-refractivity contribution is 7.89. The molecular weight excluding hydrogens is 276 g/mol. The second kappa shape index (κ2) is 6.56. The van der Waals surface area contributed by atoms with Gasteiger partial charge in [-0.3, -0.25) is 0 Å². The van der Waals surface area contributed by atoms with Crippen molar-refractivity contribution in [2.24, 2.45) is 0 Å². The van der Waals surface area contributed by atoms with Gasteiger partial charge in [0.05, 0.1) is 12.4 Å². The van der Waals surface area contributed by atoms with Crippen LogP contribution in [0.25, 0.3) is 0 Å². The van der Waals surface area contributed by atoms with Crippen LogP contribution in [0.4, 0.5) is 0 Å².